The smallest absolute Gasteiger partial charge is 0.0233 e. The Kier molecular flexibility index (Phi) is 4.74. The van der Waals surface area contributed by atoms with Crippen molar-refractivity contribution in [2.24, 2.45) is 5.92 Å². The SMILES string of the molecule is CNCCC1CCN(Cc2ccc(C3CC3)cc2)CC1. The molecule has 1 aliphatic heterocycles. The lowest BCUT2D eigenvalue weighted by molar-refractivity contribution is 0.172. The Morgan fingerprint density at radius 2 is 1.75 bits per heavy atom. The third kappa shape index (κ3) is 3.83. The van der Waals surface area contributed by atoms with E-state index in [1.165, 1.54) is 57.3 Å². The first kappa shape index (κ1) is 14.1. The van der Waals surface area contributed by atoms with Crippen LogP contribution >= 0.6 is 0 Å². The number of piperidine rings is 1. The van der Waals surface area contributed by atoms with Crippen molar-refractivity contribution >= 4 is 0 Å². The first-order valence-corrected chi connectivity index (χ1v) is 8.31. The van der Waals surface area contributed by atoms with E-state index in [0.717, 1.165) is 18.4 Å². The zero-order chi connectivity index (χ0) is 13.8. The summed E-state index contributed by atoms with van der Waals surface area (Å²) >= 11 is 0. The number of nitrogens with zero attached hydrogens (tertiary/aromatic N) is 1. The van der Waals surface area contributed by atoms with E-state index >= 15 is 0 Å². The lowest BCUT2D eigenvalue weighted by Crippen LogP contribution is -2.34. The van der Waals surface area contributed by atoms with Crippen LogP contribution in [-0.2, 0) is 6.54 Å². The van der Waals surface area contributed by atoms with Crippen LogP contribution in [0.25, 0.3) is 0 Å². The summed E-state index contributed by atoms with van der Waals surface area (Å²) < 4.78 is 0. The van der Waals surface area contributed by atoms with Crippen LogP contribution in [0, 0.1) is 5.92 Å². The molecule has 20 heavy (non-hydrogen) atoms. The Balaban J connectivity index is 1.44. The minimum Gasteiger partial charge on any atom is -0.320 e. The highest BCUT2D eigenvalue weighted by molar-refractivity contribution is 5.28. The van der Waals surface area contributed by atoms with Crippen LogP contribution in [0.4, 0.5) is 0 Å². The first-order valence-electron chi connectivity index (χ1n) is 8.31. The molecule has 0 atom stereocenters. The molecule has 1 saturated heterocycles. The van der Waals surface area contributed by atoms with Crippen LogP contribution in [0.2, 0.25) is 0 Å². The zero-order valence-corrected chi connectivity index (χ0v) is 12.8. The fourth-order valence-corrected chi connectivity index (χ4v) is 3.35. The topological polar surface area (TPSA) is 15.3 Å². The Labute approximate surface area is 123 Å². The van der Waals surface area contributed by atoms with E-state index in [2.05, 4.69) is 41.5 Å². The number of benzene rings is 1. The molecule has 1 aromatic rings. The molecule has 0 amide bonds. The maximum Gasteiger partial charge on any atom is 0.0233 e. The summed E-state index contributed by atoms with van der Waals surface area (Å²) in [7, 11) is 2.06. The summed E-state index contributed by atoms with van der Waals surface area (Å²) in [6.07, 6.45) is 6.91. The molecule has 0 aromatic heterocycles. The van der Waals surface area contributed by atoms with Crippen molar-refractivity contribution < 1.29 is 0 Å². The molecule has 0 spiro atoms. The van der Waals surface area contributed by atoms with Gasteiger partial charge in [-0.1, -0.05) is 24.3 Å². The first-order chi connectivity index (χ1) is 9.85. The van der Waals surface area contributed by atoms with Crippen LogP contribution in [0.5, 0.6) is 0 Å². The average molecular weight is 272 g/mol. The molecule has 1 aromatic carbocycles. The van der Waals surface area contributed by atoms with Crippen molar-refractivity contribution in [3.8, 4) is 0 Å². The Morgan fingerprint density at radius 1 is 1.05 bits per heavy atom. The van der Waals surface area contributed by atoms with Gasteiger partial charge in [0.15, 0.2) is 0 Å². The summed E-state index contributed by atoms with van der Waals surface area (Å²) in [5, 5.41) is 3.27. The van der Waals surface area contributed by atoms with Gasteiger partial charge in [-0.25, -0.2) is 0 Å². The van der Waals surface area contributed by atoms with Gasteiger partial charge >= 0.3 is 0 Å². The monoisotopic (exact) mass is 272 g/mol. The third-order valence-electron chi connectivity index (χ3n) is 4.94. The van der Waals surface area contributed by atoms with Gasteiger partial charge in [0.2, 0.25) is 0 Å². The van der Waals surface area contributed by atoms with Gasteiger partial charge < -0.3 is 5.32 Å². The molecule has 0 bridgehead atoms. The van der Waals surface area contributed by atoms with Gasteiger partial charge in [0, 0.05) is 6.54 Å². The minimum atomic E-state index is 0.881. The van der Waals surface area contributed by atoms with Gasteiger partial charge in [-0.15, -0.1) is 0 Å². The minimum absolute atomic E-state index is 0.881. The van der Waals surface area contributed by atoms with E-state index in [-0.39, 0.29) is 0 Å². The predicted molar refractivity (Wildman–Crippen MR) is 85.0 cm³/mol. The largest absolute Gasteiger partial charge is 0.320 e. The van der Waals surface area contributed by atoms with Crippen molar-refractivity contribution in [3.63, 3.8) is 0 Å². The predicted octanol–water partition coefficient (Wildman–Crippen LogP) is 3.39. The molecule has 2 fully saturated rings. The van der Waals surface area contributed by atoms with Crippen LogP contribution in [0.1, 0.15) is 49.1 Å². The average Bonchev–Trinajstić information content (AvgIpc) is 3.32. The van der Waals surface area contributed by atoms with Crippen LogP contribution < -0.4 is 5.32 Å². The summed E-state index contributed by atoms with van der Waals surface area (Å²) in [4.78, 5) is 2.63. The third-order valence-corrected chi connectivity index (χ3v) is 4.94. The number of hydrogen-bond donors (Lipinski definition) is 1. The van der Waals surface area contributed by atoms with Gasteiger partial charge in [0.1, 0.15) is 0 Å². The van der Waals surface area contributed by atoms with Gasteiger partial charge in [-0.05, 0) is 81.7 Å². The number of rotatable bonds is 6. The van der Waals surface area contributed by atoms with Crippen molar-refractivity contribution in [2.45, 2.75) is 44.6 Å². The zero-order valence-electron chi connectivity index (χ0n) is 12.8. The van der Waals surface area contributed by atoms with Crippen LogP contribution in [0.3, 0.4) is 0 Å². The standard InChI is InChI=1S/C18H28N2/c1-19-11-8-15-9-12-20(13-10-15)14-16-2-4-17(5-3-16)18-6-7-18/h2-5,15,18-19H,6-14H2,1H3. The quantitative estimate of drug-likeness (QED) is 0.854. The lowest BCUT2D eigenvalue weighted by atomic mass is 9.93. The molecular weight excluding hydrogens is 244 g/mol. The maximum absolute atomic E-state index is 3.27. The maximum atomic E-state index is 3.27. The van der Waals surface area contributed by atoms with Crippen LogP contribution in [0.15, 0.2) is 24.3 Å². The molecule has 0 radical (unpaired) electrons. The molecule has 2 nitrogen and oxygen atoms in total. The highest BCUT2D eigenvalue weighted by Crippen LogP contribution is 2.39. The molecule has 110 valence electrons. The number of likely N-dealkylation sites (tertiary alicyclic amines) is 1. The summed E-state index contributed by atoms with van der Waals surface area (Å²) in [5.41, 5.74) is 3.04. The van der Waals surface area contributed by atoms with E-state index in [0.29, 0.717) is 0 Å². The Hall–Kier alpha value is -0.860. The molecule has 1 N–H and O–H groups in total. The number of hydrogen-bond acceptors (Lipinski definition) is 2. The van der Waals surface area contributed by atoms with Crippen LogP contribution in [-0.4, -0.2) is 31.6 Å². The Bertz CT molecular complexity index is 400. The van der Waals surface area contributed by atoms with Crippen molar-refractivity contribution in [3.05, 3.63) is 35.4 Å². The van der Waals surface area contributed by atoms with E-state index in [9.17, 15) is 0 Å². The van der Waals surface area contributed by atoms with E-state index < -0.39 is 0 Å². The molecule has 2 heteroatoms. The molecule has 3 rings (SSSR count). The molecule has 2 aliphatic rings. The van der Waals surface area contributed by atoms with Crippen molar-refractivity contribution in [1.29, 1.82) is 0 Å². The fourth-order valence-electron chi connectivity index (χ4n) is 3.35. The molecule has 0 unspecified atom stereocenters. The fraction of sp³-hybridized carbons (Fsp3) is 0.667. The van der Waals surface area contributed by atoms with E-state index in [1.54, 1.807) is 5.56 Å². The normalized spacial score (nSPS) is 21.2. The Morgan fingerprint density at radius 3 is 2.35 bits per heavy atom. The van der Waals surface area contributed by atoms with Crippen molar-refractivity contribution in [2.75, 3.05) is 26.7 Å². The molecule has 1 aliphatic carbocycles. The summed E-state index contributed by atoms with van der Waals surface area (Å²) in [6.45, 7) is 4.87. The molecule has 1 saturated carbocycles. The second kappa shape index (κ2) is 6.73. The second-order valence-corrected chi connectivity index (χ2v) is 6.63. The highest BCUT2D eigenvalue weighted by Gasteiger charge is 2.23. The lowest BCUT2D eigenvalue weighted by Gasteiger charge is -2.32. The molecule has 1 heterocycles. The number of nitrogens with one attached hydrogen (secondary N) is 1. The van der Waals surface area contributed by atoms with Gasteiger partial charge in [0.25, 0.3) is 0 Å². The van der Waals surface area contributed by atoms with Crippen molar-refractivity contribution in [1.82, 2.24) is 10.2 Å². The summed E-state index contributed by atoms with van der Waals surface area (Å²) in [6, 6.07) is 9.40. The van der Waals surface area contributed by atoms with Gasteiger partial charge in [-0.2, -0.15) is 0 Å². The van der Waals surface area contributed by atoms with Gasteiger partial charge in [-0.3, -0.25) is 4.90 Å². The molecular formula is C18H28N2. The van der Waals surface area contributed by atoms with E-state index in [1.807, 2.05) is 0 Å². The summed E-state index contributed by atoms with van der Waals surface area (Å²) in [5.74, 6) is 1.82. The second-order valence-electron chi connectivity index (χ2n) is 6.63. The highest BCUT2D eigenvalue weighted by atomic mass is 15.1. The van der Waals surface area contributed by atoms with Gasteiger partial charge in [0.05, 0.1) is 0 Å². The van der Waals surface area contributed by atoms with E-state index in [4.69, 9.17) is 0 Å².